The molecule has 7 nitrogen and oxygen atoms in total. The third-order valence-corrected chi connectivity index (χ3v) is 3.26. The summed E-state index contributed by atoms with van der Waals surface area (Å²) in [5.74, 6) is -0.642. The number of halogens is 1. The third kappa shape index (κ3) is 7.96. The molecule has 0 aliphatic heterocycles. The first-order valence-corrected chi connectivity index (χ1v) is 8.23. The van der Waals surface area contributed by atoms with E-state index in [1.165, 1.54) is 6.92 Å². The van der Waals surface area contributed by atoms with Crippen molar-refractivity contribution in [2.45, 2.75) is 26.9 Å². The van der Waals surface area contributed by atoms with Crippen LogP contribution in [0.4, 0.5) is 4.79 Å². The second-order valence-electron chi connectivity index (χ2n) is 5.47. The summed E-state index contributed by atoms with van der Waals surface area (Å²) in [6, 6.07) is 6.32. The van der Waals surface area contributed by atoms with Crippen molar-refractivity contribution in [3.8, 4) is 5.75 Å². The van der Waals surface area contributed by atoms with Gasteiger partial charge < -0.3 is 14.8 Å². The molecule has 0 saturated heterocycles. The molecule has 0 radical (unpaired) electrons. The number of imide groups is 1. The minimum absolute atomic E-state index is 0.264. The lowest BCUT2D eigenvalue weighted by Gasteiger charge is -2.14. The summed E-state index contributed by atoms with van der Waals surface area (Å²) in [4.78, 5) is 34.7. The van der Waals surface area contributed by atoms with E-state index >= 15 is 0 Å². The van der Waals surface area contributed by atoms with Gasteiger partial charge in [-0.15, -0.1) is 0 Å². The SMILES string of the molecule is CC(C)CNC(=O)NC(=O)COC(=O)[C@@H](C)Oc1ccc(Br)cc1. The van der Waals surface area contributed by atoms with Crippen LogP contribution in [0.1, 0.15) is 20.8 Å². The molecule has 0 saturated carbocycles. The molecule has 0 aliphatic rings. The predicted molar refractivity (Wildman–Crippen MR) is 91.6 cm³/mol. The Balaban J connectivity index is 2.32. The van der Waals surface area contributed by atoms with E-state index in [1.54, 1.807) is 24.3 Å². The van der Waals surface area contributed by atoms with Gasteiger partial charge in [0.05, 0.1) is 0 Å². The van der Waals surface area contributed by atoms with Gasteiger partial charge in [-0.25, -0.2) is 9.59 Å². The monoisotopic (exact) mass is 400 g/mol. The van der Waals surface area contributed by atoms with E-state index < -0.39 is 30.6 Å². The third-order valence-electron chi connectivity index (χ3n) is 2.73. The summed E-state index contributed by atoms with van der Waals surface area (Å²) >= 11 is 3.30. The molecule has 1 aromatic rings. The van der Waals surface area contributed by atoms with Crippen LogP contribution in [0.15, 0.2) is 28.7 Å². The van der Waals surface area contributed by atoms with E-state index in [4.69, 9.17) is 9.47 Å². The van der Waals surface area contributed by atoms with Gasteiger partial charge in [0.15, 0.2) is 12.7 Å². The molecule has 0 fully saturated rings. The van der Waals surface area contributed by atoms with E-state index in [2.05, 4.69) is 26.6 Å². The van der Waals surface area contributed by atoms with Gasteiger partial charge >= 0.3 is 12.0 Å². The van der Waals surface area contributed by atoms with Crippen LogP contribution < -0.4 is 15.4 Å². The van der Waals surface area contributed by atoms with Crippen molar-refractivity contribution in [2.24, 2.45) is 5.92 Å². The van der Waals surface area contributed by atoms with E-state index in [1.807, 2.05) is 13.8 Å². The van der Waals surface area contributed by atoms with Gasteiger partial charge in [0.2, 0.25) is 0 Å². The molecule has 0 unspecified atom stereocenters. The number of rotatable bonds is 7. The Morgan fingerprint density at radius 1 is 1.12 bits per heavy atom. The van der Waals surface area contributed by atoms with Crippen LogP contribution in [-0.4, -0.2) is 37.2 Å². The van der Waals surface area contributed by atoms with Crippen LogP contribution in [0.5, 0.6) is 5.75 Å². The zero-order chi connectivity index (χ0) is 18.1. The maximum atomic E-state index is 11.8. The lowest BCUT2D eigenvalue weighted by atomic mass is 10.2. The number of ether oxygens (including phenoxy) is 2. The Morgan fingerprint density at radius 2 is 1.75 bits per heavy atom. The molecule has 0 bridgehead atoms. The summed E-state index contributed by atoms with van der Waals surface area (Å²) in [5, 5.41) is 4.59. The number of urea groups is 1. The summed E-state index contributed by atoms with van der Waals surface area (Å²) in [6.07, 6.45) is -0.881. The molecule has 0 heterocycles. The lowest BCUT2D eigenvalue weighted by molar-refractivity contribution is -0.154. The van der Waals surface area contributed by atoms with Crippen LogP contribution in [0.3, 0.4) is 0 Å². The summed E-state index contributed by atoms with van der Waals surface area (Å²) in [7, 11) is 0. The van der Waals surface area contributed by atoms with Crippen molar-refractivity contribution in [1.29, 1.82) is 0 Å². The number of carbonyl (C=O) groups is 3. The van der Waals surface area contributed by atoms with Crippen molar-refractivity contribution in [3.05, 3.63) is 28.7 Å². The molecule has 1 rings (SSSR count). The molecule has 0 aromatic heterocycles. The van der Waals surface area contributed by atoms with E-state index in [0.29, 0.717) is 12.3 Å². The smallest absolute Gasteiger partial charge is 0.347 e. The Hall–Kier alpha value is -2.09. The Labute approximate surface area is 149 Å². The van der Waals surface area contributed by atoms with Crippen molar-refractivity contribution >= 4 is 33.8 Å². The lowest BCUT2D eigenvalue weighted by Crippen LogP contribution is -2.43. The summed E-state index contributed by atoms with van der Waals surface area (Å²) < 4.78 is 11.1. The van der Waals surface area contributed by atoms with Crippen molar-refractivity contribution < 1.29 is 23.9 Å². The Kier molecular flexibility index (Phi) is 8.25. The van der Waals surface area contributed by atoms with Crippen LogP contribution in [0.25, 0.3) is 0 Å². The molecule has 3 amide bonds. The number of nitrogens with one attached hydrogen (secondary N) is 2. The topological polar surface area (TPSA) is 93.7 Å². The zero-order valence-corrected chi connectivity index (χ0v) is 15.4. The highest BCUT2D eigenvalue weighted by molar-refractivity contribution is 9.10. The van der Waals surface area contributed by atoms with Crippen LogP contribution in [0.2, 0.25) is 0 Å². The molecule has 8 heteroatoms. The number of hydrogen-bond acceptors (Lipinski definition) is 5. The van der Waals surface area contributed by atoms with E-state index in [9.17, 15) is 14.4 Å². The van der Waals surface area contributed by atoms with Crippen molar-refractivity contribution in [2.75, 3.05) is 13.2 Å². The number of carbonyl (C=O) groups excluding carboxylic acids is 3. The Bertz CT molecular complexity index is 574. The number of hydrogen-bond donors (Lipinski definition) is 2. The standard InChI is InChI=1S/C16H21BrN2O5/c1-10(2)8-18-16(22)19-14(20)9-23-15(21)11(3)24-13-6-4-12(17)5-7-13/h4-7,10-11H,8-9H2,1-3H3,(H2,18,19,20,22)/t11-/m1/s1. The van der Waals surface area contributed by atoms with Crippen molar-refractivity contribution in [1.82, 2.24) is 10.6 Å². The molecule has 2 N–H and O–H groups in total. The molecule has 24 heavy (non-hydrogen) atoms. The number of amides is 3. The van der Waals surface area contributed by atoms with Crippen LogP contribution >= 0.6 is 15.9 Å². The number of benzene rings is 1. The van der Waals surface area contributed by atoms with Gasteiger partial charge in [-0.3, -0.25) is 10.1 Å². The molecule has 0 aliphatic carbocycles. The first kappa shape index (κ1) is 20.0. The fraction of sp³-hybridized carbons (Fsp3) is 0.438. The minimum atomic E-state index is -0.881. The maximum absolute atomic E-state index is 11.8. The molecule has 0 spiro atoms. The molecular formula is C16H21BrN2O5. The summed E-state index contributed by atoms with van der Waals surface area (Å²) in [6.45, 7) is 5.25. The first-order chi connectivity index (χ1) is 11.3. The summed E-state index contributed by atoms with van der Waals surface area (Å²) in [5.41, 5.74) is 0. The maximum Gasteiger partial charge on any atom is 0.347 e. The number of esters is 1. The van der Waals surface area contributed by atoms with E-state index in [-0.39, 0.29) is 5.92 Å². The fourth-order valence-corrected chi connectivity index (χ4v) is 1.79. The van der Waals surface area contributed by atoms with Gasteiger partial charge in [0, 0.05) is 11.0 Å². The van der Waals surface area contributed by atoms with Gasteiger partial charge in [-0.2, -0.15) is 0 Å². The average Bonchev–Trinajstić information content (AvgIpc) is 2.52. The fourth-order valence-electron chi connectivity index (χ4n) is 1.52. The largest absolute Gasteiger partial charge is 0.479 e. The van der Waals surface area contributed by atoms with Gasteiger partial charge in [-0.05, 0) is 37.1 Å². The first-order valence-electron chi connectivity index (χ1n) is 7.44. The molecule has 1 atom stereocenters. The minimum Gasteiger partial charge on any atom is -0.479 e. The van der Waals surface area contributed by atoms with Gasteiger partial charge in [0.25, 0.3) is 5.91 Å². The second-order valence-corrected chi connectivity index (χ2v) is 6.39. The van der Waals surface area contributed by atoms with Crippen molar-refractivity contribution in [3.63, 3.8) is 0 Å². The normalized spacial score (nSPS) is 11.5. The van der Waals surface area contributed by atoms with E-state index in [0.717, 1.165) is 4.47 Å². The van der Waals surface area contributed by atoms with Gasteiger partial charge in [-0.1, -0.05) is 29.8 Å². The predicted octanol–water partition coefficient (Wildman–Crippen LogP) is 2.24. The zero-order valence-electron chi connectivity index (χ0n) is 13.8. The molecule has 132 valence electrons. The highest BCUT2D eigenvalue weighted by atomic mass is 79.9. The van der Waals surface area contributed by atoms with Gasteiger partial charge in [0.1, 0.15) is 5.75 Å². The highest BCUT2D eigenvalue weighted by Crippen LogP contribution is 2.17. The molecule has 1 aromatic carbocycles. The van der Waals surface area contributed by atoms with Crippen LogP contribution in [-0.2, 0) is 14.3 Å². The molecular weight excluding hydrogens is 380 g/mol. The Morgan fingerprint density at radius 3 is 2.33 bits per heavy atom. The highest BCUT2D eigenvalue weighted by Gasteiger charge is 2.18. The quantitative estimate of drug-likeness (QED) is 0.684. The average molecular weight is 401 g/mol. The second kappa shape index (κ2) is 9.92. The van der Waals surface area contributed by atoms with Crippen LogP contribution in [0, 0.1) is 5.92 Å².